The van der Waals surface area contributed by atoms with Crippen molar-refractivity contribution in [3.63, 3.8) is 0 Å². The average molecular weight is 570 g/mol. The Labute approximate surface area is 235 Å². The number of halogens is 1. The summed E-state index contributed by atoms with van der Waals surface area (Å²) in [7, 11) is -2.52. The fourth-order valence-corrected chi connectivity index (χ4v) is 5.08. The number of carbonyl (C=O) groups is 2. The summed E-state index contributed by atoms with van der Waals surface area (Å²) in [6.45, 7) is 4.89. The zero-order valence-electron chi connectivity index (χ0n) is 23.4. The molecule has 0 aliphatic carbocycles. The van der Waals surface area contributed by atoms with Gasteiger partial charge in [-0.15, -0.1) is 0 Å². The van der Waals surface area contributed by atoms with E-state index >= 15 is 0 Å². The van der Waals surface area contributed by atoms with E-state index in [0.29, 0.717) is 5.56 Å². The molecule has 0 saturated carbocycles. The normalized spacial score (nSPS) is 12.3. The third-order valence-corrected chi connectivity index (χ3v) is 7.19. The second-order valence-electron chi connectivity index (χ2n) is 10.5. The predicted molar refractivity (Wildman–Crippen MR) is 154 cm³/mol. The van der Waals surface area contributed by atoms with Crippen LogP contribution in [0.15, 0.2) is 78.9 Å². The van der Waals surface area contributed by atoms with Crippen molar-refractivity contribution < 1.29 is 27.1 Å². The Hall–Kier alpha value is -3.92. The summed E-state index contributed by atoms with van der Waals surface area (Å²) >= 11 is 0. The minimum absolute atomic E-state index is 0.0439. The first-order valence-electron chi connectivity index (χ1n) is 12.8. The number of amides is 2. The Bertz CT molecular complexity index is 1410. The molecule has 1 atom stereocenters. The van der Waals surface area contributed by atoms with Crippen molar-refractivity contribution in [2.24, 2.45) is 0 Å². The summed E-state index contributed by atoms with van der Waals surface area (Å²) in [5.74, 6) is -1.16. The first-order chi connectivity index (χ1) is 18.8. The molecule has 0 saturated heterocycles. The van der Waals surface area contributed by atoms with Crippen LogP contribution < -0.4 is 14.4 Å². The van der Waals surface area contributed by atoms with E-state index in [9.17, 15) is 22.4 Å². The molecule has 0 spiro atoms. The quantitative estimate of drug-likeness (QED) is 0.374. The van der Waals surface area contributed by atoms with Gasteiger partial charge in [-0.1, -0.05) is 54.6 Å². The van der Waals surface area contributed by atoms with Crippen molar-refractivity contribution in [2.75, 3.05) is 24.2 Å². The smallest absolute Gasteiger partial charge is 0.244 e. The molecule has 8 nitrogen and oxygen atoms in total. The topological polar surface area (TPSA) is 96.0 Å². The molecule has 10 heteroatoms. The molecule has 0 aliphatic rings. The van der Waals surface area contributed by atoms with Crippen molar-refractivity contribution in [1.82, 2.24) is 10.2 Å². The Morgan fingerprint density at radius 2 is 1.52 bits per heavy atom. The van der Waals surface area contributed by atoms with Gasteiger partial charge in [-0.2, -0.15) is 0 Å². The van der Waals surface area contributed by atoms with Crippen molar-refractivity contribution in [1.29, 1.82) is 0 Å². The minimum Gasteiger partial charge on any atom is -0.495 e. The highest BCUT2D eigenvalue weighted by Crippen LogP contribution is 2.30. The number of nitrogens with one attached hydrogen (secondary N) is 1. The number of nitrogens with zero attached hydrogens (tertiary/aromatic N) is 2. The van der Waals surface area contributed by atoms with Gasteiger partial charge in [0.2, 0.25) is 21.8 Å². The van der Waals surface area contributed by atoms with Crippen LogP contribution in [0.3, 0.4) is 0 Å². The number of hydrogen-bond donors (Lipinski definition) is 1. The van der Waals surface area contributed by atoms with Crippen LogP contribution in [0.2, 0.25) is 0 Å². The highest BCUT2D eigenvalue weighted by atomic mass is 32.2. The predicted octanol–water partition coefficient (Wildman–Crippen LogP) is 4.16. The van der Waals surface area contributed by atoms with Gasteiger partial charge in [-0.25, -0.2) is 12.8 Å². The number of ether oxygens (including phenoxy) is 1. The number of sulfonamides is 1. The second kappa shape index (κ2) is 13.0. The lowest BCUT2D eigenvalue weighted by Crippen LogP contribution is -2.56. The van der Waals surface area contributed by atoms with Crippen LogP contribution in [0.5, 0.6) is 5.75 Å². The zero-order chi connectivity index (χ0) is 29.5. The lowest BCUT2D eigenvalue weighted by Gasteiger charge is -2.35. The van der Waals surface area contributed by atoms with Crippen LogP contribution >= 0.6 is 0 Å². The number of carbonyl (C=O) groups excluding carboxylic acids is 2. The Kier molecular flexibility index (Phi) is 9.92. The van der Waals surface area contributed by atoms with Crippen LogP contribution in [0.25, 0.3) is 0 Å². The van der Waals surface area contributed by atoms with E-state index in [-0.39, 0.29) is 24.4 Å². The number of methoxy groups -OCH3 is 1. The van der Waals surface area contributed by atoms with Gasteiger partial charge in [-0.3, -0.25) is 13.9 Å². The largest absolute Gasteiger partial charge is 0.495 e. The molecule has 0 fully saturated rings. The molecular weight excluding hydrogens is 533 g/mol. The zero-order valence-corrected chi connectivity index (χ0v) is 24.2. The molecule has 0 aromatic heterocycles. The number of hydrogen-bond acceptors (Lipinski definition) is 5. The SMILES string of the molecule is COc1ccccc1N(CC(=O)N(Cc1ccc(F)cc1)C(Cc1ccccc1)C(=O)NC(C)(C)C)S(C)(=O)=O. The summed E-state index contributed by atoms with van der Waals surface area (Å²) in [5.41, 5.74) is 1.01. The monoisotopic (exact) mass is 569 g/mol. The van der Waals surface area contributed by atoms with E-state index in [2.05, 4.69) is 5.32 Å². The summed E-state index contributed by atoms with van der Waals surface area (Å²) in [6, 6.07) is 20.4. The molecule has 1 unspecified atom stereocenters. The van der Waals surface area contributed by atoms with E-state index in [4.69, 9.17) is 4.74 Å². The lowest BCUT2D eigenvalue weighted by atomic mass is 10.0. The molecule has 3 aromatic rings. The Morgan fingerprint density at radius 1 is 0.925 bits per heavy atom. The maximum absolute atomic E-state index is 14.1. The fraction of sp³-hybridized carbons (Fsp3) is 0.333. The van der Waals surface area contributed by atoms with Crippen molar-refractivity contribution in [3.8, 4) is 5.75 Å². The van der Waals surface area contributed by atoms with Gasteiger partial charge in [-0.05, 0) is 56.2 Å². The molecular formula is C30H36FN3O5S. The summed E-state index contributed by atoms with van der Waals surface area (Å²) in [4.78, 5) is 29.1. The van der Waals surface area contributed by atoms with Gasteiger partial charge < -0.3 is 15.0 Å². The molecule has 3 aromatic carbocycles. The maximum atomic E-state index is 14.1. The van der Waals surface area contributed by atoms with Crippen LogP contribution in [-0.2, 0) is 32.6 Å². The van der Waals surface area contributed by atoms with Crippen molar-refractivity contribution in [2.45, 2.75) is 45.3 Å². The molecule has 0 radical (unpaired) electrons. The molecule has 3 rings (SSSR count). The van der Waals surface area contributed by atoms with E-state index in [1.807, 2.05) is 51.1 Å². The highest BCUT2D eigenvalue weighted by Gasteiger charge is 2.34. The van der Waals surface area contributed by atoms with Gasteiger partial charge in [0.25, 0.3) is 0 Å². The van der Waals surface area contributed by atoms with Crippen molar-refractivity contribution >= 4 is 27.5 Å². The second-order valence-corrected chi connectivity index (χ2v) is 12.4. The molecule has 1 N–H and O–H groups in total. The summed E-state index contributed by atoms with van der Waals surface area (Å²) in [6.07, 6.45) is 1.19. The van der Waals surface area contributed by atoms with Gasteiger partial charge in [0.1, 0.15) is 24.2 Å². The maximum Gasteiger partial charge on any atom is 0.244 e. The van der Waals surface area contributed by atoms with Gasteiger partial charge in [0, 0.05) is 18.5 Å². The standard InChI is InChI=1S/C30H36FN3O5S/c1-30(2,3)32-29(36)26(19-22-11-7-6-8-12-22)33(20-23-15-17-24(31)18-16-23)28(35)21-34(40(5,37)38)25-13-9-10-14-27(25)39-4/h6-18,26H,19-21H2,1-5H3,(H,32,36). The van der Waals surface area contributed by atoms with Crippen molar-refractivity contribution in [3.05, 3.63) is 95.8 Å². The fourth-order valence-electron chi connectivity index (χ4n) is 4.22. The molecule has 2 amide bonds. The molecule has 40 heavy (non-hydrogen) atoms. The summed E-state index contributed by atoms with van der Waals surface area (Å²) in [5, 5.41) is 2.96. The van der Waals surface area contributed by atoms with Crippen LogP contribution in [0.4, 0.5) is 10.1 Å². The molecule has 214 valence electrons. The first-order valence-corrected chi connectivity index (χ1v) is 14.6. The molecule has 0 bridgehead atoms. The van der Waals surface area contributed by atoms with E-state index in [1.165, 1.54) is 36.3 Å². The average Bonchev–Trinajstić information content (AvgIpc) is 2.89. The third kappa shape index (κ3) is 8.54. The van der Waals surface area contributed by atoms with E-state index in [0.717, 1.165) is 16.1 Å². The molecule has 0 aliphatic heterocycles. The van der Waals surface area contributed by atoms with Gasteiger partial charge >= 0.3 is 0 Å². The Balaban J connectivity index is 2.09. The Morgan fingerprint density at radius 3 is 2.10 bits per heavy atom. The number of para-hydroxylation sites is 2. The number of benzene rings is 3. The van der Waals surface area contributed by atoms with E-state index < -0.39 is 45.8 Å². The van der Waals surface area contributed by atoms with Crippen LogP contribution in [0, 0.1) is 5.82 Å². The van der Waals surface area contributed by atoms with Crippen LogP contribution in [-0.4, -0.2) is 56.6 Å². The highest BCUT2D eigenvalue weighted by molar-refractivity contribution is 7.92. The molecule has 0 heterocycles. The minimum atomic E-state index is -3.94. The van der Waals surface area contributed by atoms with Gasteiger partial charge in [0.15, 0.2) is 0 Å². The lowest BCUT2D eigenvalue weighted by molar-refractivity contribution is -0.140. The first kappa shape index (κ1) is 30.6. The van der Waals surface area contributed by atoms with Gasteiger partial charge in [0.05, 0.1) is 19.1 Å². The van der Waals surface area contributed by atoms with Crippen LogP contribution in [0.1, 0.15) is 31.9 Å². The number of rotatable bonds is 11. The summed E-state index contributed by atoms with van der Waals surface area (Å²) < 4.78 is 45.8. The van der Waals surface area contributed by atoms with E-state index in [1.54, 1.807) is 24.3 Å². The number of anilines is 1. The third-order valence-electron chi connectivity index (χ3n) is 6.07.